The van der Waals surface area contributed by atoms with Crippen LogP contribution in [0.4, 0.5) is 0 Å². The Labute approximate surface area is 67.6 Å². The van der Waals surface area contributed by atoms with Crippen LogP contribution in [-0.4, -0.2) is 22.4 Å². The van der Waals surface area contributed by atoms with Gasteiger partial charge in [-0.1, -0.05) is 25.0 Å². The Balaban J connectivity index is 2.45. The standard InChI is InChI=1S/C9H16O2/c1-2-3-7-4-5-8(10)9(11)6-7/h4,8-11H,2-3,5-6H2,1H3/t8-,9?/m1/s1. The number of hydrogen-bond donors (Lipinski definition) is 2. The van der Waals surface area contributed by atoms with Gasteiger partial charge in [-0.15, -0.1) is 0 Å². The summed E-state index contributed by atoms with van der Waals surface area (Å²) in [6.45, 7) is 2.12. The molecule has 0 saturated heterocycles. The van der Waals surface area contributed by atoms with Crippen molar-refractivity contribution < 1.29 is 10.2 Å². The maximum Gasteiger partial charge on any atom is 0.0839 e. The maximum absolute atomic E-state index is 9.28. The monoisotopic (exact) mass is 156 g/mol. The predicted octanol–water partition coefficient (Wildman–Crippen LogP) is 1.23. The average Bonchev–Trinajstić information content (AvgIpc) is 1.98. The number of rotatable bonds is 2. The number of aliphatic hydroxyl groups excluding tert-OH is 2. The summed E-state index contributed by atoms with van der Waals surface area (Å²) in [4.78, 5) is 0. The maximum atomic E-state index is 9.28. The molecule has 11 heavy (non-hydrogen) atoms. The van der Waals surface area contributed by atoms with Crippen LogP contribution in [0.1, 0.15) is 32.6 Å². The summed E-state index contributed by atoms with van der Waals surface area (Å²) in [5.74, 6) is 0. The molecular weight excluding hydrogens is 140 g/mol. The van der Waals surface area contributed by atoms with E-state index in [-0.39, 0.29) is 0 Å². The van der Waals surface area contributed by atoms with Crippen LogP contribution in [0.5, 0.6) is 0 Å². The van der Waals surface area contributed by atoms with Gasteiger partial charge in [0.2, 0.25) is 0 Å². The van der Waals surface area contributed by atoms with Gasteiger partial charge in [0.1, 0.15) is 0 Å². The van der Waals surface area contributed by atoms with Gasteiger partial charge in [0.25, 0.3) is 0 Å². The fourth-order valence-electron chi connectivity index (χ4n) is 1.46. The fourth-order valence-corrected chi connectivity index (χ4v) is 1.46. The summed E-state index contributed by atoms with van der Waals surface area (Å²) >= 11 is 0. The summed E-state index contributed by atoms with van der Waals surface area (Å²) in [6.07, 6.45) is 4.46. The highest BCUT2D eigenvalue weighted by atomic mass is 16.3. The van der Waals surface area contributed by atoms with Crippen LogP contribution in [0.25, 0.3) is 0 Å². The lowest BCUT2D eigenvalue weighted by atomic mass is 9.92. The SMILES string of the molecule is CCCC1=CC[C@@H](O)C(O)C1. The number of aliphatic hydroxyl groups is 2. The smallest absolute Gasteiger partial charge is 0.0839 e. The lowest BCUT2D eigenvalue weighted by Crippen LogP contribution is -2.28. The minimum atomic E-state index is -0.532. The zero-order valence-corrected chi connectivity index (χ0v) is 6.95. The molecule has 2 heteroatoms. The van der Waals surface area contributed by atoms with E-state index in [4.69, 9.17) is 5.11 Å². The highest BCUT2D eigenvalue weighted by molar-refractivity contribution is 5.09. The molecule has 1 aliphatic rings. The lowest BCUT2D eigenvalue weighted by molar-refractivity contribution is 0.0162. The van der Waals surface area contributed by atoms with Crippen molar-refractivity contribution in [1.29, 1.82) is 0 Å². The molecule has 0 heterocycles. The summed E-state index contributed by atoms with van der Waals surface area (Å²) in [5, 5.41) is 18.5. The molecule has 1 rings (SSSR count). The van der Waals surface area contributed by atoms with Crippen LogP contribution in [0.2, 0.25) is 0 Å². The van der Waals surface area contributed by atoms with Crippen LogP contribution in [0, 0.1) is 0 Å². The van der Waals surface area contributed by atoms with E-state index in [0.29, 0.717) is 12.8 Å². The van der Waals surface area contributed by atoms with Gasteiger partial charge in [-0.2, -0.15) is 0 Å². The van der Waals surface area contributed by atoms with Crippen LogP contribution in [0.3, 0.4) is 0 Å². The van der Waals surface area contributed by atoms with E-state index in [2.05, 4.69) is 13.0 Å². The lowest BCUT2D eigenvalue weighted by Gasteiger charge is -2.23. The average molecular weight is 156 g/mol. The molecule has 0 radical (unpaired) electrons. The van der Waals surface area contributed by atoms with Crippen molar-refractivity contribution in [2.24, 2.45) is 0 Å². The van der Waals surface area contributed by atoms with E-state index in [1.54, 1.807) is 0 Å². The molecule has 0 aromatic heterocycles. The Hall–Kier alpha value is -0.340. The molecule has 2 atom stereocenters. The second-order valence-electron chi connectivity index (χ2n) is 3.19. The summed E-state index contributed by atoms with van der Waals surface area (Å²) in [5.41, 5.74) is 1.30. The van der Waals surface area contributed by atoms with E-state index >= 15 is 0 Å². The van der Waals surface area contributed by atoms with Gasteiger partial charge >= 0.3 is 0 Å². The molecule has 1 unspecified atom stereocenters. The van der Waals surface area contributed by atoms with Gasteiger partial charge in [-0.25, -0.2) is 0 Å². The van der Waals surface area contributed by atoms with E-state index in [1.165, 1.54) is 5.57 Å². The van der Waals surface area contributed by atoms with Crippen LogP contribution >= 0.6 is 0 Å². The predicted molar refractivity (Wildman–Crippen MR) is 44.2 cm³/mol. The van der Waals surface area contributed by atoms with E-state index in [9.17, 15) is 5.11 Å². The van der Waals surface area contributed by atoms with Crippen molar-refractivity contribution in [2.75, 3.05) is 0 Å². The normalized spacial score (nSPS) is 31.7. The highest BCUT2D eigenvalue weighted by Crippen LogP contribution is 2.21. The Bertz CT molecular complexity index is 152. The summed E-state index contributed by atoms with van der Waals surface area (Å²) < 4.78 is 0. The van der Waals surface area contributed by atoms with E-state index < -0.39 is 12.2 Å². The molecule has 64 valence electrons. The van der Waals surface area contributed by atoms with Gasteiger partial charge < -0.3 is 10.2 Å². The summed E-state index contributed by atoms with van der Waals surface area (Å²) in [6, 6.07) is 0. The first-order valence-corrected chi connectivity index (χ1v) is 4.28. The fraction of sp³-hybridized carbons (Fsp3) is 0.778. The van der Waals surface area contributed by atoms with E-state index in [1.807, 2.05) is 0 Å². The molecule has 0 spiro atoms. The molecule has 0 aliphatic heterocycles. The van der Waals surface area contributed by atoms with Gasteiger partial charge in [-0.3, -0.25) is 0 Å². The summed E-state index contributed by atoms with van der Waals surface area (Å²) in [7, 11) is 0. The van der Waals surface area contributed by atoms with Crippen molar-refractivity contribution in [3.8, 4) is 0 Å². The van der Waals surface area contributed by atoms with Gasteiger partial charge in [-0.05, 0) is 19.3 Å². The molecule has 0 bridgehead atoms. The van der Waals surface area contributed by atoms with Crippen molar-refractivity contribution >= 4 is 0 Å². The molecule has 0 aromatic carbocycles. The molecule has 2 nitrogen and oxygen atoms in total. The van der Waals surface area contributed by atoms with Crippen LogP contribution in [0.15, 0.2) is 11.6 Å². The Morgan fingerprint density at radius 2 is 2.18 bits per heavy atom. The van der Waals surface area contributed by atoms with Crippen molar-refractivity contribution in [1.82, 2.24) is 0 Å². The molecular formula is C9H16O2. The van der Waals surface area contributed by atoms with Crippen molar-refractivity contribution in [3.05, 3.63) is 11.6 Å². The topological polar surface area (TPSA) is 40.5 Å². The first kappa shape index (κ1) is 8.75. The van der Waals surface area contributed by atoms with Gasteiger partial charge in [0, 0.05) is 0 Å². The van der Waals surface area contributed by atoms with Crippen LogP contribution < -0.4 is 0 Å². The molecule has 0 amide bonds. The Kier molecular flexibility index (Phi) is 3.09. The molecule has 0 aromatic rings. The second kappa shape index (κ2) is 3.88. The third kappa shape index (κ3) is 2.31. The molecule has 0 saturated carbocycles. The zero-order valence-electron chi connectivity index (χ0n) is 6.95. The van der Waals surface area contributed by atoms with Crippen molar-refractivity contribution in [2.45, 2.75) is 44.8 Å². The first-order valence-electron chi connectivity index (χ1n) is 4.28. The number of hydrogen-bond acceptors (Lipinski definition) is 2. The Morgan fingerprint density at radius 1 is 1.45 bits per heavy atom. The minimum absolute atomic E-state index is 0.526. The highest BCUT2D eigenvalue weighted by Gasteiger charge is 2.20. The minimum Gasteiger partial charge on any atom is -0.390 e. The molecule has 2 N–H and O–H groups in total. The van der Waals surface area contributed by atoms with Crippen molar-refractivity contribution in [3.63, 3.8) is 0 Å². The first-order chi connectivity index (χ1) is 5.24. The third-order valence-corrected chi connectivity index (χ3v) is 2.13. The largest absolute Gasteiger partial charge is 0.390 e. The molecule has 1 aliphatic carbocycles. The second-order valence-corrected chi connectivity index (χ2v) is 3.19. The zero-order chi connectivity index (χ0) is 8.27. The van der Waals surface area contributed by atoms with Gasteiger partial charge in [0.05, 0.1) is 12.2 Å². The van der Waals surface area contributed by atoms with Gasteiger partial charge in [0.15, 0.2) is 0 Å². The quantitative estimate of drug-likeness (QED) is 0.590. The Morgan fingerprint density at radius 3 is 2.73 bits per heavy atom. The van der Waals surface area contributed by atoms with Crippen LogP contribution in [-0.2, 0) is 0 Å². The third-order valence-electron chi connectivity index (χ3n) is 2.13. The molecule has 0 fully saturated rings. The van der Waals surface area contributed by atoms with E-state index in [0.717, 1.165) is 12.8 Å².